The van der Waals surface area contributed by atoms with Gasteiger partial charge in [-0.1, -0.05) is 0 Å². The van der Waals surface area contributed by atoms with E-state index in [2.05, 4.69) is 15.2 Å². The van der Waals surface area contributed by atoms with Gasteiger partial charge >= 0.3 is 0 Å². The highest BCUT2D eigenvalue weighted by molar-refractivity contribution is 5.77. The van der Waals surface area contributed by atoms with Gasteiger partial charge in [0, 0.05) is 13.6 Å². The van der Waals surface area contributed by atoms with Crippen molar-refractivity contribution in [3.8, 4) is 0 Å². The van der Waals surface area contributed by atoms with Gasteiger partial charge in [0.25, 0.3) is 0 Å². The predicted octanol–water partition coefficient (Wildman–Crippen LogP) is 0.951. The largest absolute Gasteiger partial charge is 0.468 e. The lowest BCUT2D eigenvalue weighted by Crippen LogP contribution is -2.39. The third kappa shape index (κ3) is 3.00. The van der Waals surface area contributed by atoms with Crippen molar-refractivity contribution in [2.75, 3.05) is 26.7 Å². The van der Waals surface area contributed by atoms with Crippen molar-refractivity contribution in [2.24, 2.45) is 10.7 Å². The Morgan fingerprint density at radius 3 is 2.94 bits per heavy atom. The lowest BCUT2D eigenvalue weighted by Gasteiger charge is -2.26. The second-order valence-corrected chi connectivity index (χ2v) is 4.26. The van der Waals surface area contributed by atoms with Crippen LogP contribution in [-0.2, 0) is 0 Å². The fourth-order valence-electron chi connectivity index (χ4n) is 2.22. The molecule has 1 fully saturated rings. The summed E-state index contributed by atoms with van der Waals surface area (Å²) in [5, 5.41) is 3.12. The van der Waals surface area contributed by atoms with Crippen LogP contribution in [0.5, 0.6) is 0 Å². The second kappa shape index (κ2) is 5.72. The third-order valence-corrected chi connectivity index (χ3v) is 3.17. The molecular weight excluding hydrogens is 216 g/mol. The Hall–Kier alpha value is -1.49. The number of aliphatic imine (C=N–C) groups is 1. The molecule has 5 nitrogen and oxygen atoms in total. The Balaban J connectivity index is 2.02. The van der Waals surface area contributed by atoms with Crippen LogP contribution < -0.4 is 11.1 Å². The molecule has 2 heterocycles. The van der Waals surface area contributed by atoms with Gasteiger partial charge in [-0.25, -0.2) is 0 Å². The summed E-state index contributed by atoms with van der Waals surface area (Å²) in [6.07, 6.45) is 4.23. The summed E-state index contributed by atoms with van der Waals surface area (Å²) >= 11 is 0. The van der Waals surface area contributed by atoms with Gasteiger partial charge in [0.1, 0.15) is 5.76 Å². The molecule has 0 aromatic carbocycles. The van der Waals surface area contributed by atoms with E-state index in [9.17, 15) is 0 Å². The van der Waals surface area contributed by atoms with E-state index in [0.29, 0.717) is 5.96 Å². The molecule has 1 aliphatic rings. The zero-order valence-corrected chi connectivity index (χ0v) is 10.2. The van der Waals surface area contributed by atoms with Crippen molar-refractivity contribution in [3.63, 3.8) is 0 Å². The highest BCUT2D eigenvalue weighted by atomic mass is 16.3. The number of nitrogens with one attached hydrogen (secondary N) is 1. The molecule has 0 saturated carbocycles. The first-order chi connectivity index (χ1) is 8.31. The summed E-state index contributed by atoms with van der Waals surface area (Å²) in [5.74, 6) is 1.46. The molecule has 1 aromatic heterocycles. The van der Waals surface area contributed by atoms with Gasteiger partial charge in [0.15, 0.2) is 5.96 Å². The average Bonchev–Trinajstić information content (AvgIpc) is 3.01. The normalized spacial score (nSPS) is 19.5. The molecule has 3 N–H and O–H groups in total. The zero-order chi connectivity index (χ0) is 12.1. The van der Waals surface area contributed by atoms with Crippen LogP contribution in [0, 0.1) is 0 Å². The van der Waals surface area contributed by atoms with E-state index in [1.807, 2.05) is 12.1 Å². The minimum atomic E-state index is 0.243. The van der Waals surface area contributed by atoms with Gasteiger partial charge in [0.2, 0.25) is 0 Å². The summed E-state index contributed by atoms with van der Waals surface area (Å²) in [5.41, 5.74) is 5.66. The van der Waals surface area contributed by atoms with E-state index < -0.39 is 0 Å². The number of hydrogen-bond donors (Lipinski definition) is 2. The van der Waals surface area contributed by atoms with Crippen LogP contribution in [0.15, 0.2) is 27.8 Å². The molecule has 0 radical (unpaired) electrons. The quantitative estimate of drug-likeness (QED) is 0.603. The Labute approximate surface area is 102 Å². The minimum absolute atomic E-state index is 0.243. The van der Waals surface area contributed by atoms with Crippen molar-refractivity contribution in [1.29, 1.82) is 0 Å². The number of hydrogen-bond acceptors (Lipinski definition) is 3. The van der Waals surface area contributed by atoms with Crippen molar-refractivity contribution in [3.05, 3.63) is 24.2 Å². The predicted molar refractivity (Wildman–Crippen MR) is 67.8 cm³/mol. The van der Waals surface area contributed by atoms with Crippen molar-refractivity contribution >= 4 is 5.96 Å². The molecule has 5 heteroatoms. The summed E-state index contributed by atoms with van der Waals surface area (Å²) in [4.78, 5) is 6.33. The molecule has 1 unspecified atom stereocenters. The molecule has 1 saturated heterocycles. The smallest absolute Gasteiger partial charge is 0.188 e. The fourth-order valence-corrected chi connectivity index (χ4v) is 2.22. The van der Waals surface area contributed by atoms with Crippen molar-refractivity contribution in [2.45, 2.75) is 18.9 Å². The SMILES string of the molecule is CN=C(N)NCC(c1ccco1)N1CCCC1. The van der Waals surface area contributed by atoms with Gasteiger partial charge in [-0.05, 0) is 38.1 Å². The maximum atomic E-state index is 5.66. The van der Waals surface area contributed by atoms with Gasteiger partial charge in [-0.15, -0.1) is 0 Å². The van der Waals surface area contributed by atoms with Crippen LogP contribution >= 0.6 is 0 Å². The number of likely N-dealkylation sites (tertiary alicyclic amines) is 1. The standard InChI is InChI=1S/C12H20N4O/c1-14-12(13)15-9-10(11-5-4-8-17-11)16-6-2-3-7-16/h4-5,8,10H,2-3,6-7,9H2,1H3,(H3,13,14,15). The van der Waals surface area contributed by atoms with Crippen LogP contribution in [0.2, 0.25) is 0 Å². The molecule has 0 spiro atoms. The summed E-state index contributed by atoms with van der Waals surface area (Å²) in [7, 11) is 1.68. The molecule has 2 rings (SSSR count). The van der Waals surface area contributed by atoms with E-state index in [0.717, 1.165) is 25.4 Å². The number of guanidine groups is 1. The fraction of sp³-hybridized carbons (Fsp3) is 0.583. The van der Waals surface area contributed by atoms with Crippen LogP contribution in [0.3, 0.4) is 0 Å². The molecule has 1 aromatic rings. The molecule has 1 atom stereocenters. The second-order valence-electron chi connectivity index (χ2n) is 4.26. The van der Waals surface area contributed by atoms with Gasteiger partial charge in [-0.2, -0.15) is 0 Å². The minimum Gasteiger partial charge on any atom is -0.468 e. The van der Waals surface area contributed by atoms with Crippen LogP contribution in [0.1, 0.15) is 24.6 Å². The van der Waals surface area contributed by atoms with E-state index in [1.165, 1.54) is 12.8 Å². The maximum absolute atomic E-state index is 5.66. The zero-order valence-electron chi connectivity index (χ0n) is 10.2. The van der Waals surface area contributed by atoms with Crippen molar-refractivity contribution < 1.29 is 4.42 Å². The van der Waals surface area contributed by atoms with E-state index in [-0.39, 0.29) is 6.04 Å². The first-order valence-corrected chi connectivity index (χ1v) is 6.05. The van der Waals surface area contributed by atoms with Gasteiger partial charge in [0.05, 0.1) is 12.3 Å². The number of nitrogens with zero attached hydrogens (tertiary/aromatic N) is 2. The summed E-state index contributed by atoms with van der Waals surface area (Å²) in [6, 6.07) is 4.19. The van der Waals surface area contributed by atoms with Crippen LogP contribution in [-0.4, -0.2) is 37.5 Å². The van der Waals surface area contributed by atoms with Gasteiger partial charge in [-0.3, -0.25) is 9.89 Å². The monoisotopic (exact) mass is 236 g/mol. The molecular formula is C12H20N4O. The molecule has 0 aliphatic carbocycles. The summed E-state index contributed by atoms with van der Waals surface area (Å²) in [6.45, 7) is 2.98. The molecule has 0 bridgehead atoms. The lowest BCUT2D eigenvalue weighted by atomic mass is 10.2. The van der Waals surface area contributed by atoms with Crippen LogP contribution in [0.25, 0.3) is 0 Å². The number of rotatable bonds is 4. The van der Waals surface area contributed by atoms with E-state index in [4.69, 9.17) is 10.2 Å². The number of nitrogens with two attached hydrogens (primary N) is 1. The van der Waals surface area contributed by atoms with Gasteiger partial charge < -0.3 is 15.5 Å². The van der Waals surface area contributed by atoms with Crippen LogP contribution in [0.4, 0.5) is 0 Å². The first-order valence-electron chi connectivity index (χ1n) is 6.05. The maximum Gasteiger partial charge on any atom is 0.188 e. The number of furan rings is 1. The molecule has 94 valence electrons. The third-order valence-electron chi connectivity index (χ3n) is 3.17. The average molecular weight is 236 g/mol. The van der Waals surface area contributed by atoms with E-state index >= 15 is 0 Å². The highest BCUT2D eigenvalue weighted by Crippen LogP contribution is 2.24. The van der Waals surface area contributed by atoms with Crippen molar-refractivity contribution in [1.82, 2.24) is 10.2 Å². The molecule has 17 heavy (non-hydrogen) atoms. The Bertz CT molecular complexity index is 355. The Kier molecular flexibility index (Phi) is 4.03. The summed E-state index contributed by atoms with van der Waals surface area (Å²) < 4.78 is 5.51. The lowest BCUT2D eigenvalue weighted by molar-refractivity contribution is 0.215. The molecule has 1 aliphatic heterocycles. The Morgan fingerprint density at radius 2 is 2.35 bits per heavy atom. The van der Waals surface area contributed by atoms with E-state index in [1.54, 1.807) is 13.3 Å². The Morgan fingerprint density at radius 1 is 1.59 bits per heavy atom. The topological polar surface area (TPSA) is 66.8 Å². The first kappa shape index (κ1) is 12.0. The molecule has 0 amide bonds. The highest BCUT2D eigenvalue weighted by Gasteiger charge is 2.25.